The molecule has 1 aromatic rings. The Morgan fingerprint density at radius 1 is 1.12 bits per heavy atom. The Morgan fingerprint density at radius 2 is 1.72 bits per heavy atom. The minimum absolute atomic E-state index is 0.00107. The third kappa shape index (κ3) is 7.07. The van der Waals surface area contributed by atoms with Gasteiger partial charge >= 0.3 is 0 Å². The Hall–Kier alpha value is -0.930. The number of thiol groups is 2. The van der Waals surface area contributed by atoms with E-state index in [0.29, 0.717) is 18.6 Å². The van der Waals surface area contributed by atoms with Crippen LogP contribution in [-0.4, -0.2) is 60.6 Å². The van der Waals surface area contributed by atoms with E-state index in [0.717, 1.165) is 49.8 Å². The fraction of sp³-hybridized carbons (Fsp3) is 0.588. The number of nitrogens with two attached hydrogens (primary N) is 1. The summed E-state index contributed by atoms with van der Waals surface area (Å²) in [4.78, 5) is 2.48. The molecule has 6 nitrogen and oxygen atoms in total. The van der Waals surface area contributed by atoms with Crippen molar-refractivity contribution in [2.24, 2.45) is 5.73 Å². The molecule has 1 saturated heterocycles. The second kappa shape index (κ2) is 10.9. The van der Waals surface area contributed by atoms with E-state index >= 15 is 0 Å². The van der Waals surface area contributed by atoms with Crippen LogP contribution in [0.2, 0.25) is 0 Å². The van der Waals surface area contributed by atoms with Gasteiger partial charge in [0.15, 0.2) is 5.96 Å². The first kappa shape index (κ1) is 20.4. The van der Waals surface area contributed by atoms with Crippen molar-refractivity contribution in [2.45, 2.75) is 25.2 Å². The molecule has 140 valence electrons. The zero-order valence-electron chi connectivity index (χ0n) is 14.5. The van der Waals surface area contributed by atoms with Crippen molar-refractivity contribution in [2.75, 3.05) is 37.7 Å². The highest BCUT2D eigenvalue weighted by molar-refractivity contribution is 7.80. The Balaban J connectivity index is 1.92. The lowest BCUT2D eigenvalue weighted by molar-refractivity contribution is 0.317. The first-order valence-electron chi connectivity index (χ1n) is 8.69. The first-order valence-corrected chi connectivity index (χ1v) is 9.95. The van der Waals surface area contributed by atoms with Crippen LogP contribution in [0.15, 0.2) is 24.3 Å². The molecule has 8 heteroatoms. The predicted molar refractivity (Wildman–Crippen MR) is 112 cm³/mol. The summed E-state index contributed by atoms with van der Waals surface area (Å²) < 4.78 is 0. The first-order chi connectivity index (χ1) is 12.1. The van der Waals surface area contributed by atoms with Gasteiger partial charge in [0.25, 0.3) is 0 Å². The van der Waals surface area contributed by atoms with Crippen molar-refractivity contribution in [1.29, 1.82) is 5.41 Å². The van der Waals surface area contributed by atoms with E-state index in [1.54, 1.807) is 0 Å². The number of likely N-dealkylation sites (tertiary alicyclic amines) is 1. The van der Waals surface area contributed by atoms with Crippen molar-refractivity contribution in [3.8, 4) is 0 Å². The van der Waals surface area contributed by atoms with E-state index in [1.807, 2.05) is 0 Å². The van der Waals surface area contributed by atoms with Gasteiger partial charge < -0.3 is 21.7 Å². The van der Waals surface area contributed by atoms with Gasteiger partial charge in [-0.3, -0.25) is 10.3 Å². The quantitative estimate of drug-likeness (QED) is 0.179. The van der Waals surface area contributed by atoms with Crippen molar-refractivity contribution in [3.63, 3.8) is 0 Å². The van der Waals surface area contributed by atoms with Gasteiger partial charge in [0.05, 0.1) is 0 Å². The average molecular weight is 383 g/mol. The minimum atomic E-state index is 0.00107. The largest absolute Gasteiger partial charge is 0.370 e. The molecule has 0 amide bonds. The summed E-state index contributed by atoms with van der Waals surface area (Å²) in [5, 5.41) is 17.3. The van der Waals surface area contributed by atoms with Crippen LogP contribution in [0.25, 0.3) is 0 Å². The molecule has 0 saturated carbocycles. The minimum Gasteiger partial charge on any atom is -0.370 e. The fourth-order valence-corrected chi connectivity index (χ4v) is 3.48. The summed E-state index contributed by atoms with van der Waals surface area (Å²) >= 11 is 8.61. The number of nitrogens with one attached hydrogen (secondary N) is 4. The molecule has 6 N–H and O–H groups in total. The van der Waals surface area contributed by atoms with Crippen LogP contribution < -0.4 is 21.7 Å². The number of hydrogen-bond acceptors (Lipinski definition) is 6. The summed E-state index contributed by atoms with van der Waals surface area (Å²) in [6.45, 7) is 5.40. The SMILES string of the molecule is N=C(N)NCc1cccc(CN2C[C@@H](NCCS)[C@H](NCCS)C2)c1. The summed E-state index contributed by atoms with van der Waals surface area (Å²) in [5.41, 5.74) is 7.78. The molecule has 1 aliphatic rings. The van der Waals surface area contributed by atoms with Gasteiger partial charge in [0, 0.05) is 62.9 Å². The summed E-state index contributed by atoms with van der Waals surface area (Å²) in [5.74, 6) is 1.70. The van der Waals surface area contributed by atoms with Gasteiger partial charge in [0.2, 0.25) is 0 Å². The predicted octanol–water partition coefficient (Wildman–Crippen LogP) is 0.261. The van der Waals surface area contributed by atoms with Crippen molar-refractivity contribution in [3.05, 3.63) is 35.4 Å². The van der Waals surface area contributed by atoms with Gasteiger partial charge in [-0.15, -0.1) is 0 Å². The van der Waals surface area contributed by atoms with Gasteiger partial charge in [-0.1, -0.05) is 24.3 Å². The van der Waals surface area contributed by atoms with E-state index < -0.39 is 0 Å². The maximum absolute atomic E-state index is 7.27. The van der Waals surface area contributed by atoms with Gasteiger partial charge in [-0.25, -0.2) is 0 Å². The second-order valence-corrected chi connectivity index (χ2v) is 7.24. The van der Waals surface area contributed by atoms with Crippen LogP contribution in [-0.2, 0) is 13.1 Å². The smallest absolute Gasteiger partial charge is 0.185 e. The zero-order chi connectivity index (χ0) is 18.1. The summed E-state index contributed by atoms with van der Waals surface area (Å²) in [6.07, 6.45) is 0. The van der Waals surface area contributed by atoms with Crippen LogP contribution in [0, 0.1) is 5.41 Å². The van der Waals surface area contributed by atoms with E-state index in [1.165, 1.54) is 5.56 Å². The molecule has 1 aromatic carbocycles. The normalized spacial score (nSPS) is 20.7. The molecule has 1 fully saturated rings. The highest BCUT2D eigenvalue weighted by atomic mass is 32.1. The lowest BCUT2D eigenvalue weighted by Crippen LogP contribution is -2.48. The van der Waals surface area contributed by atoms with Crippen LogP contribution in [0.4, 0.5) is 0 Å². The van der Waals surface area contributed by atoms with Gasteiger partial charge in [-0.2, -0.15) is 25.3 Å². The van der Waals surface area contributed by atoms with Crippen LogP contribution in [0.1, 0.15) is 11.1 Å². The van der Waals surface area contributed by atoms with E-state index in [-0.39, 0.29) is 5.96 Å². The zero-order valence-corrected chi connectivity index (χ0v) is 16.3. The van der Waals surface area contributed by atoms with Crippen LogP contribution >= 0.6 is 25.3 Å². The lowest BCUT2D eigenvalue weighted by atomic mass is 10.1. The van der Waals surface area contributed by atoms with Crippen LogP contribution in [0.5, 0.6) is 0 Å². The summed E-state index contributed by atoms with van der Waals surface area (Å²) in [6, 6.07) is 9.33. The van der Waals surface area contributed by atoms with Crippen molar-refractivity contribution >= 4 is 31.2 Å². The molecular formula is C17H30N6S2. The highest BCUT2D eigenvalue weighted by Crippen LogP contribution is 2.15. The fourth-order valence-electron chi connectivity index (χ4n) is 3.22. The topological polar surface area (TPSA) is 89.2 Å². The number of hydrogen-bond donors (Lipinski definition) is 7. The Labute approximate surface area is 161 Å². The highest BCUT2D eigenvalue weighted by Gasteiger charge is 2.31. The average Bonchev–Trinajstić information content (AvgIpc) is 2.98. The molecule has 0 spiro atoms. The molecule has 2 rings (SSSR count). The monoisotopic (exact) mass is 382 g/mol. The van der Waals surface area contributed by atoms with Gasteiger partial charge in [0.1, 0.15) is 0 Å². The molecule has 25 heavy (non-hydrogen) atoms. The standard InChI is InChI=1S/C17H30N6S2/c18-17(19)22-9-13-2-1-3-14(8-13)10-23-11-15(20-4-6-24)16(12-23)21-5-7-25/h1-3,8,15-16,20-21,24-25H,4-7,9-12H2,(H4,18,19,22)/t15-,16-/m1/s1. The van der Waals surface area contributed by atoms with Crippen LogP contribution in [0.3, 0.4) is 0 Å². The molecule has 0 aliphatic carbocycles. The molecule has 1 heterocycles. The molecule has 0 aromatic heterocycles. The maximum atomic E-state index is 7.27. The number of benzene rings is 1. The van der Waals surface area contributed by atoms with Crippen molar-refractivity contribution in [1.82, 2.24) is 20.9 Å². The lowest BCUT2D eigenvalue weighted by Gasteiger charge is -2.20. The van der Waals surface area contributed by atoms with E-state index in [2.05, 4.69) is 70.4 Å². The molecular weight excluding hydrogens is 352 g/mol. The Kier molecular flexibility index (Phi) is 8.91. The van der Waals surface area contributed by atoms with Gasteiger partial charge in [-0.05, 0) is 11.1 Å². The Bertz CT molecular complexity index is 526. The second-order valence-electron chi connectivity index (χ2n) is 6.35. The van der Waals surface area contributed by atoms with E-state index in [4.69, 9.17) is 11.1 Å². The van der Waals surface area contributed by atoms with E-state index in [9.17, 15) is 0 Å². The third-order valence-electron chi connectivity index (χ3n) is 4.31. The molecule has 0 bridgehead atoms. The van der Waals surface area contributed by atoms with Crippen molar-refractivity contribution < 1.29 is 0 Å². The maximum Gasteiger partial charge on any atom is 0.185 e. The molecule has 0 radical (unpaired) electrons. The Morgan fingerprint density at radius 3 is 2.28 bits per heavy atom. The number of nitrogens with zero attached hydrogens (tertiary/aromatic N) is 1. The summed E-state index contributed by atoms with van der Waals surface area (Å²) in [7, 11) is 0. The molecule has 1 aliphatic heterocycles. The molecule has 2 atom stereocenters. The third-order valence-corrected chi connectivity index (χ3v) is 4.76. The number of rotatable bonds is 10. The number of guanidine groups is 1. The molecule has 0 unspecified atom stereocenters.